The van der Waals surface area contributed by atoms with Crippen molar-refractivity contribution in [1.29, 1.82) is 0 Å². The summed E-state index contributed by atoms with van der Waals surface area (Å²) in [5.41, 5.74) is -0.449. The van der Waals surface area contributed by atoms with Crippen molar-refractivity contribution in [2.75, 3.05) is 0 Å². The van der Waals surface area contributed by atoms with Crippen molar-refractivity contribution in [3.63, 3.8) is 0 Å². The molecular formula is C6H7BF3KN2O. The minimum Gasteiger partial charge on any atom is -0.448 e. The fourth-order valence-corrected chi connectivity index (χ4v) is 0.876. The molecule has 0 radical (unpaired) electrons. The molecular weight excluding hydrogens is 223 g/mol. The first-order valence-electron chi connectivity index (χ1n) is 3.63. The molecule has 8 heteroatoms. The number of aryl methyl sites for hydroxylation is 1. The predicted octanol–water partition coefficient (Wildman–Crippen LogP) is -2.06. The summed E-state index contributed by atoms with van der Waals surface area (Å²) < 4.78 is 36.2. The smallest absolute Gasteiger partial charge is 0.448 e. The summed E-state index contributed by atoms with van der Waals surface area (Å²) in [6.45, 7) is -3.44. The van der Waals surface area contributed by atoms with Crippen LogP contribution >= 0.6 is 0 Å². The Labute approximate surface area is 121 Å². The van der Waals surface area contributed by atoms with Gasteiger partial charge in [-0.15, -0.1) is 0 Å². The second-order valence-corrected chi connectivity index (χ2v) is 2.71. The van der Waals surface area contributed by atoms with Gasteiger partial charge in [-0.05, 0) is 19.4 Å². The number of rotatable bonds is 2. The van der Waals surface area contributed by atoms with Gasteiger partial charge in [0.25, 0.3) is 0 Å². The summed E-state index contributed by atoms with van der Waals surface area (Å²) in [6, 6.07) is 1.36. The van der Waals surface area contributed by atoms with Gasteiger partial charge in [-0.2, -0.15) is 4.98 Å². The summed E-state index contributed by atoms with van der Waals surface area (Å²) in [4.78, 5) is 14.3. The van der Waals surface area contributed by atoms with Crippen molar-refractivity contribution in [1.82, 2.24) is 9.55 Å². The Morgan fingerprint density at radius 2 is 2.07 bits per heavy atom. The molecule has 0 aliphatic rings. The van der Waals surface area contributed by atoms with Crippen LogP contribution < -0.4 is 57.1 Å². The Morgan fingerprint density at radius 1 is 1.50 bits per heavy atom. The van der Waals surface area contributed by atoms with Crippen molar-refractivity contribution >= 4 is 6.98 Å². The molecule has 0 bridgehead atoms. The topological polar surface area (TPSA) is 34.9 Å². The third-order valence-corrected chi connectivity index (χ3v) is 1.42. The maximum atomic E-state index is 11.9. The second kappa shape index (κ2) is 5.45. The minimum absolute atomic E-state index is 0. The van der Waals surface area contributed by atoms with E-state index in [0.717, 1.165) is 6.20 Å². The molecule has 3 nitrogen and oxygen atoms in total. The van der Waals surface area contributed by atoms with Crippen molar-refractivity contribution in [3.05, 3.63) is 28.4 Å². The van der Waals surface area contributed by atoms with Crippen LogP contribution in [-0.4, -0.2) is 16.5 Å². The van der Waals surface area contributed by atoms with Gasteiger partial charge in [-0.1, -0.05) is 0 Å². The first kappa shape index (κ1) is 14.4. The van der Waals surface area contributed by atoms with E-state index in [4.69, 9.17) is 0 Å². The van der Waals surface area contributed by atoms with Gasteiger partial charge in [0.15, 0.2) is 0 Å². The van der Waals surface area contributed by atoms with E-state index < -0.39 is 19.1 Å². The van der Waals surface area contributed by atoms with Crippen LogP contribution in [0.2, 0.25) is 0 Å². The van der Waals surface area contributed by atoms with Crippen LogP contribution in [-0.2, 0) is 6.44 Å². The van der Waals surface area contributed by atoms with E-state index in [-0.39, 0.29) is 51.4 Å². The van der Waals surface area contributed by atoms with Crippen molar-refractivity contribution in [2.45, 2.75) is 13.4 Å². The first-order chi connectivity index (χ1) is 5.88. The van der Waals surface area contributed by atoms with Crippen LogP contribution in [0, 0.1) is 6.92 Å². The molecule has 0 unspecified atom stereocenters. The van der Waals surface area contributed by atoms with Crippen molar-refractivity contribution in [3.8, 4) is 0 Å². The van der Waals surface area contributed by atoms with Gasteiger partial charge in [0.05, 0.1) is 0 Å². The molecule has 0 fully saturated rings. The molecule has 0 aliphatic heterocycles. The maximum Gasteiger partial charge on any atom is 1.00 e. The molecule has 0 spiro atoms. The van der Waals surface area contributed by atoms with Crippen molar-refractivity contribution < 1.29 is 64.3 Å². The van der Waals surface area contributed by atoms with E-state index in [9.17, 15) is 17.7 Å². The molecule has 0 saturated heterocycles. The van der Waals surface area contributed by atoms with Crippen LogP contribution in [0.5, 0.6) is 0 Å². The van der Waals surface area contributed by atoms with Crippen LogP contribution in [0.4, 0.5) is 12.9 Å². The molecule has 14 heavy (non-hydrogen) atoms. The van der Waals surface area contributed by atoms with Gasteiger partial charge in [0.1, 0.15) is 0 Å². The zero-order chi connectivity index (χ0) is 10.1. The Hall–Kier alpha value is 0.371. The average Bonchev–Trinajstić information content (AvgIpc) is 1.93. The molecule has 1 heterocycles. The molecule has 1 rings (SSSR count). The number of halogens is 3. The fraction of sp³-hybridized carbons (Fsp3) is 0.333. The molecule has 0 atom stereocenters. The average molecular weight is 230 g/mol. The van der Waals surface area contributed by atoms with Gasteiger partial charge < -0.3 is 17.5 Å². The van der Waals surface area contributed by atoms with E-state index in [1.807, 2.05) is 0 Å². The van der Waals surface area contributed by atoms with E-state index >= 15 is 0 Å². The van der Waals surface area contributed by atoms with Gasteiger partial charge >= 0.3 is 64.1 Å². The summed E-state index contributed by atoms with van der Waals surface area (Å²) >= 11 is 0. The van der Waals surface area contributed by atoms with E-state index in [2.05, 4.69) is 4.98 Å². The summed E-state index contributed by atoms with van der Waals surface area (Å²) in [5, 5.41) is 0. The molecule has 0 aliphatic carbocycles. The number of hydrogen-bond acceptors (Lipinski definition) is 2. The van der Waals surface area contributed by atoms with Crippen LogP contribution in [0.15, 0.2) is 17.1 Å². The van der Waals surface area contributed by atoms with Crippen LogP contribution in [0.25, 0.3) is 0 Å². The zero-order valence-electron chi connectivity index (χ0n) is 7.88. The molecule has 0 N–H and O–H groups in total. The summed E-state index contributed by atoms with van der Waals surface area (Å²) in [5.74, 6) is 0. The van der Waals surface area contributed by atoms with Crippen molar-refractivity contribution in [2.24, 2.45) is 0 Å². The third-order valence-electron chi connectivity index (χ3n) is 1.42. The van der Waals surface area contributed by atoms with Crippen LogP contribution in [0.1, 0.15) is 5.69 Å². The molecule has 0 amide bonds. The van der Waals surface area contributed by atoms with Gasteiger partial charge in [-0.3, -0.25) is 0 Å². The molecule has 0 saturated carbocycles. The van der Waals surface area contributed by atoms with Gasteiger partial charge in [-0.25, -0.2) is 4.79 Å². The van der Waals surface area contributed by atoms with E-state index in [0.29, 0.717) is 10.3 Å². The standard InChI is InChI=1S/C6H7BF3N2O.K/c1-5-2-3-12(6(13)11-5)4-7(8,9)10;/h2-3H,4H2,1H3;/q-1;+1. The van der Waals surface area contributed by atoms with E-state index in [1.165, 1.54) is 6.07 Å². The first-order valence-corrected chi connectivity index (χ1v) is 3.63. The monoisotopic (exact) mass is 230 g/mol. The maximum absolute atomic E-state index is 11.9. The quantitative estimate of drug-likeness (QED) is 0.548. The SMILES string of the molecule is Cc1ccn(C[B-](F)(F)F)c(=O)n1.[K+]. The Bertz CT molecular complexity index is 365. The van der Waals surface area contributed by atoms with Crippen LogP contribution in [0.3, 0.4) is 0 Å². The summed E-state index contributed by atoms with van der Waals surface area (Å²) in [7, 11) is 0. The molecule has 1 aromatic heterocycles. The normalized spacial score (nSPS) is 10.9. The van der Waals surface area contributed by atoms with E-state index in [1.54, 1.807) is 6.92 Å². The predicted molar refractivity (Wildman–Crippen MR) is 42.3 cm³/mol. The Kier molecular flexibility index (Phi) is 5.60. The third kappa shape index (κ3) is 4.74. The molecule has 72 valence electrons. The number of nitrogens with zero attached hydrogens (tertiary/aromatic N) is 2. The Morgan fingerprint density at radius 3 is 2.50 bits per heavy atom. The molecule has 0 aromatic carbocycles. The second-order valence-electron chi connectivity index (χ2n) is 2.71. The minimum atomic E-state index is -4.99. The number of hydrogen-bond donors (Lipinski definition) is 0. The zero-order valence-corrected chi connectivity index (χ0v) is 11.0. The fourth-order valence-electron chi connectivity index (χ4n) is 0.876. The Balaban J connectivity index is 0.00000169. The molecule has 1 aromatic rings. The number of aromatic nitrogens is 2. The van der Waals surface area contributed by atoms with Gasteiger partial charge in [0.2, 0.25) is 0 Å². The summed E-state index contributed by atoms with van der Waals surface area (Å²) in [6.07, 6.45) is -0.133. The van der Waals surface area contributed by atoms with Gasteiger partial charge in [0, 0.05) is 11.9 Å². The largest absolute Gasteiger partial charge is 1.00 e.